The van der Waals surface area contributed by atoms with E-state index in [0.717, 1.165) is 5.56 Å². The van der Waals surface area contributed by atoms with Crippen molar-refractivity contribution < 1.29 is 9.90 Å². The Morgan fingerprint density at radius 1 is 1.38 bits per heavy atom. The van der Waals surface area contributed by atoms with Crippen LogP contribution in [-0.4, -0.2) is 43.6 Å². The van der Waals surface area contributed by atoms with Crippen molar-refractivity contribution in [3.63, 3.8) is 0 Å². The fourth-order valence-electron chi connectivity index (χ4n) is 3.79. The molecule has 3 N–H and O–H groups in total. The van der Waals surface area contributed by atoms with Crippen LogP contribution in [0.4, 0.5) is 0 Å². The van der Waals surface area contributed by atoms with Crippen LogP contribution in [0.25, 0.3) is 4.96 Å². The standard InChI is InChI=1S/C19H21Cl2N5O2S/c1-2-14-23-19-26(24-14)18(28)16(29-19)15(12-4-3-11(20)9-13(12)21)25-7-5-10(6-8-25)17(22)27/h3-4,9-10,15,28H,2,5-8H2,1H3,(H2,22,27). The van der Waals surface area contributed by atoms with Gasteiger partial charge in [0.1, 0.15) is 0 Å². The van der Waals surface area contributed by atoms with E-state index in [4.69, 9.17) is 28.9 Å². The van der Waals surface area contributed by atoms with Gasteiger partial charge in [-0.1, -0.05) is 47.5 Å². The van der Waals surface area contributed by atoms with Gasteiger partial charge in [-0.15, -0.1) is 5.10 Å². The fourth-order valence-corrected chi connectivity index (χ4v) is 5.43. The molecular formula is C19H21Cl2N5O2S. The van der Waals surface area contributed by atoms with Gasteiger partial charge < -0.3 is 10.8 Å². The maximum Gasteiger partial charge on any atom is 0.230 e. The van der Waals surface area contributed by atoms with Crippen molar-refractivity contribution >= 4 is 45.4 Å². The number of nitrogens with two attached hydrogens (primary N) is 1. The Bertz CT molecular complexity index is 1060. The topological polar surface area (TPSA) is 96.8 Å². The Morgan fingerprint density at radius 2 is 2.10 bits per heavy atom. The highest BCUT2D eigenvalue weighted by molar-refractivity contribution is 7.17. The molecule has 10 heteroatoms. The molecule has 0 aliphatic carbocycles. The van der Waals surface area contributed by atoms with Gasteiger partial charge >= 0.3 is 0 Å². The molecule has 3 heterocycles. The van der Waals surface area contributed by atoms with Crippen LogP contribution in [-0.2, 0) is 11.2 Å². The second kappa shape index (κ2) is 8.10. The average Bonchev–Trinajstić information content (AvgIpc) is 3.23. The van der Waals surface area contributed by atoms with Crippen molar-refractivity contribution in [1.82, 2.24) is 19.5 Å². The number of aromatic hydroxyl groups is 1. The highest BCUT2D eigenvalue weighted by atomic mass is 35.5. The van der Waals surface area contributed by atoms with E-state index < -0.39 is 0 Å². The minimum Gasteiger partial charge on any atom is -0.492 e. The van der Waals surface area contributed by atoms with Crippen LogP contribution in [0.2, 0.25) is 10.0 Å². The Balaban J connectivity index is 1.77. The van der Waals surface area contributed by atoms with Crippen LogP contribution < -0.4 is 5.73 Å². The summed E-state index contributed by atoms with van der Waals surface area (Å²) in [5.74, 6) is 0.349. The Hall–Kier alpha value is -1.87. The Labute approximate surface area is 182 Å². The van der Waals surface area contributed by atoms with Crippen LogP contribution in [0.15, 0.2) is 18.2 Å². The van der Waals surface area contributed by atoms with Gasteiger partial charge in [0.15, 0.2) is 5.82 Å². The number of amides is 1. The zero-order valence-corrected chi connectivity index (χ0v) is 18.1. The number of aryl methyl sites for hydroxylation is 1. The lowest BCUT2D eigenvalue weighted by molar-refractivity contribution is -0.123. The number of hydrogen-bond donors (Lipinski definition) is 2. The smallest absolute Gasteiger partial charge is 0.230 e. The summed E-state index contributed by atoms with van der Waals surface area (Å²) < 4.78 is 1.48. The highest BCUT2D eigenvalue weighted by Crippen LogP contribution is 2.43. The third kappa shape index (κ3) is 3.82. The lowest BCUT2D eigenvalue weighted by atomic mass is 9.93. The average molecular weight is 454 g/mol. The summed E-state index contributed by atoms with van der Waals surface area (Å²) in [6.07, 6.45) is 2.02. The largest absolute Gasteiger partial charge is 0.492 e. The predicted molar refractivity (Wildman–Crippen MR) is 114 cm³/mol. The first kappa shape index (κ1) is 20.4. The van der Waals surface area contributed by atoms with Crippen molar-refractivity contribution in [2.24, 2.45) is 11.7 Å². The number of halogens is 2. The van der Waals surface area contributed by atoms with E-state index in [0.29, 0.717) is 58.1 Å². The molecule has 29 heavy (non-hydrogen) atoms. The van der Waals surface area contributed by atoms with Crippen LogP contribution in [0.3, 0.4) is 0 Å². The molecule has 1 fully saturated rings. The summed E-state index contributed by atoms with van der Waals surface area (Å²) in [6.45, 7) is 3.28. The zero-order chi connectivity index (χ0) is 20.7. The SMILES string of the molecule is CCc1nc2sc(C(c3ccc(Cl)cc3Cl)N3CCC(C(N)=O)CC3)c(O)n2n1. The predicted octanol–water partition coefficient (Wildman–Crippen LogP) is 3.65. The summed E-state index contributed by atoms with van der Waals surface area (Å²) in [7, 11) is 0. The minimum atomic E-state index is -0.299. The summed E-state index contributed by atoms with van der Waals surface area (Å²) >= 11 is 14.0. The molecule has 0 saturated carbocycles. The number of carbonyl (C=O) groups is 1. The molecule has 2 aromatic heterocycles. The minimum absolute atomic E-state index is 0.0604. The number of rotatable bonds is 5. The van der Waals surface area contributed by atoms with Gasteiger partial charge in [-0.3, -0.25) is 9.69 Å². The third-order valence-corrected chi connectivity index (χ3v) is 7.00. The van der Waals surface area contributed by atoms with Gasteiger partial charge in [-0.25, -0.2) is 4.98 Å². The molecule has 1 aliphatic heterocycles. The van der Waals surface area contributed by atoms with Crippen molar-refractivity contribution in [2.75, 3.05) is 13.1 Å². The summed E-state index contributed by atoms with van der Waals surface area (Å²) in [5, 5.41) is 16.4. The number of piperidine rings is 1. The summed E-state index contributed by atoms with van der Waals surface area (Å²) in [6, 6.07) is 5.06. The van der Waals surface area contributed by atoms with Crippen molar-refractivity contribution in [3.05, 3.63) is 44.5 Å². The zero-order valence-electron chi connectivity index (χ0n) is 15.8. The van der Waals surface area contributed by atoms with Crippen LogP contribution in [0.1, 0.15) is 42.1 Å². The van der Waals surface area contributed by atoms with E-state index in [2.05, 4.69) is 15.0 Å². The molecule has 0 radical (unpaired) electrons. The summed E-state index contributed by atoms with van der Waals surface area (Å²) in [5.41, 5.74) is 6.33. The van der Waals surface area contributed by atoms with Crippen molar-refractivity contribution in [2.45, 2.75) is 32.2 Å². The number of nitrogens with zero attached hydrogens (tertiary/aromatic N) is 4. The number of thiazole rings is 1. The molecule has 1 atom stereocenters. The van der Waals surface area contributed by atoms with E-state index in [1.165, 1.54) is 15.9 Å². The Kier molecular flexibility index (Phi) is 5.70. The third-order valence-electron chi connectivity index (χ3n) is 5.36. The van der Waals surface area contributed by atoms with Gasteiger partial charge in [0.25, 0.3) is 0 Å². The number of carbonyl (C=O) groups excluding carboxylic acids is 1. The maximum atomic E-state index is 11.6. The number of likely N-dealkylation sites (tertiary alicyclic amines) is 1. The van der Waals surface area contributed by atoms with Gasteiger partial charge in [0.05, 0.1) is 10.9 Å². The van der Waals surface area contributed by atoms with Gasteiger partial charge in [-0.2, -0.15) is 4.52 Å². The van der Waals surface area contributed by atoms with E-state index in [-0.39, 0.29) is 23.7 Å². The number of fused-ring (bicyclic) bond motifs is 1. The van der Waals surface area contributed by atoms with E-state index in [1.807, 2.05) is 13.0 Å². The second-order valence-corrected chi connectivity index (χ2v) is 9.00. The quantitative estimate of drug-likeness (QED) is 0.614. The molecule has 0 bridgehead atoms. The first-order chi connectivity index (χ1) is 13.9. The van der Waals surface area contributed by atoms with Gasteiger partial charge in [0, 0.05) is 22.4 Å². The summed E-state index contributed by atoms with van der Waals surface area (Å²) in [4.78, 5) is 19.6. The molecule has 1 unspecified atom stereocenters. The van der Waals surface area contributed by atoms with E-state index in [9.17, 15) is 9.90 Å². The normalized spacial score (nSPS) is 17.1. The number of aromatic nitrogens is 3. The van der Waals surface area contributed by atoms with Gasteiger partial charge in [0.2, 0.25) is 16.7 Å². The van der Waals surface area contributed by atoms with Gasteiger partial charge in [-0.05, 0) is 43.6 Å². The van der Waals surface area contributed by atoms with Crippen LogP contribution in [0, 0.1) is 5.92 Å². The molecule has 154 valence electrons. The molecule has 1 aliphatic rings. The monoisotopic (exact) mass is 453 g/mol. The first-order valence-electron chi connectivity index (χ1n) is 9.44. The molecule has 1 amide bonds. The van der Waals surface area contributed by atoms with Crippen molar-refractivity contribution in [3.8, 4) is 5.88 Å². The fraction of sp³-hybridized carbons (Fsp3) is 0.421. The highest BCUT2D eigenvalue weighted by Gasteiger charge is 2.34. The molecule has 4 rings (SSSR count). The maximum absolute atomic E-state index is 11.6. The molecule has 1 aromatic carbocycles. The number of benzene rings is 1. The molecular weight excluding hydrogens is 433 g/mol. The van der Waals surface area contributed by atoms with Crippen LogP contribution in [0.5, 0.6) is 5.88 Å². The lowest BCUT2D eigenvalue weighted by Crippen LogP contribution is -2.40. The first-order valence-corrected chi connectivity index (χ1v) is 11.0. The van der Waals surface area contributed by atoms with E-state index in [1.54, 1.807) is 12.1 Å². The second-order valence-electron chi connectivity index (χ2n) is 7.15. The molecule has 7 nitrogen and oxygen atoms in total. The molecule has 3 aromatic rings. The molecule has 1 saturated heterocycles. The molecule has 0 spiro atoms. The number of primary amides is 1. The number of hydrogen-bond acceptors (Lipinski definition) is 6. The van der Waals surface area contributed by atoms with E-state index >= 15 is 0 Å². The van der Waals surface area contributed by atoms with Crippen molar-refractivity contribution in [1.29, 1.82) is 0 Å². The van der Waals surface area contributed by atoms with Crippen LogP contribution >= 0.6 is 34.5 Å². The Morgan fingerprint density at radius 3 is 2.69 bits per heavy atom. The lowest BCUT2D eigenvalue weighted by Gasteiger charge is -2.36.